The van der Waals surface area contributed by atoms with E-state index >= 15 is 0 Å². The molecule has 0 N–H and O–H groups in total. The average molecular weight is 205 g/mol. The first kappa shape index (κ1) is 8.58. The lowest BCUT2D eigenvalue weighted by molar-refractivity contribution is 0.318. The molecule has 0 spiro atoms. The second kappa shape index (κ2) is 3.25. The van der Waals surface area contributed by atoms with Crippen molar-refractivity contribution in [3.8, 4) is 0 Å². The summed E-state index contributed by atoms with van der Waals surface area (Å²) in [6.07, 6.45) is 2.80. The van der Waals surface area contributed by atoms with Crippen LogP contribution in [0, 0.1) is 17.8 Å². The van der Waals surface area contributed by atoms with Gasteiger partial charge in [0.25, 0.3) is 0 Å². The molecule has 0 radical (unpaired) electrons. The number of hydrogen-bond acceptors (Lipinski definition) is 0. The lowest BCUT2D eigenvalue weighted by Gasteiger charge is -2.20. The van der Waals surface area contributed by atoms with Gasteiger partial charge in [-0.25, -0.2) is 0 Å². The smallest absolute Gasteiger partial charge is 0.0174 e. The van der Waals surface area contributed by atoms with E-state index in [1.807, 2.05) is 0 Å². The number of alkyl halides is 1. The van der Waals surface area contributed by atoms with Gasteiger partial charge >= 0.3 is 0 Å². The van der Waals surface area contributed by atoms with Gasteiger partial charge in [-0.3, -0.25) is 0 Å². The van der Waals surface area contributed by atoms with Gasteiger partial charge in [-0.05, 0) is 30.6 Å². The van der Waals surface area contributed by atoms with Crippen molar-refractivity contribution >= 4 is 15.9 Å². The van der Waals surface area contributed by atoms with Crippen LogP contribution in [-0.2, 0) is 0 Å². The van der Waals surface area contributed by atoms with Crippen molar-refractivity contribution in [2.45, 2.75) is 38.4 Å². The molecule has 0 aromatic rings. The van der Waals surface area contributed by atoms with E-state index in [4.69, 9.17) is 0 Å². The first-order valence-corrected chi connectivity index (χ1v) is 5.18. The second-order valence-electron chi connectivity index (χ2n) is 3.86. The minimum atomic E-state index is 0.792. The predicted molar refractivity (Wildman–Crippen MR) is 49.4 cm³/mol. The number of rotatable bonds is 1. The predicted octanol–water partition coefficient (Wildman–Crippen LogP) is 3.45. The zero-order chi connectivity index (χ0) is 7.72. The van der Waals surface area contributed by atoms with Crippen molar-refractivity contribution < 1.29 is 0 Å². The third-order valence-corrected chi connectivity index (χ3v) is 4.17. The fraction of sp³-hybridized carbons (Fsp3) is 1.00. The SMILES string of the molecule is CC(C)C1CCC(Br)C1C. The van der Waals surface area contributed by atoms with Gasteiger partial charge < -0.3 is 0 Å². The highest BCUT2D eigenvalue weighted by Crippen LogP contribution is 2.40. The molecule has 1 saturated carbocycles. The van der Waals surface area contributed by atoms with E-state index in [0.29, 0.717) is 0 Å². The molecule has 0 heterocycles. The lowest BCUT2D eigenvalue weighted by atomic mass is 9.87. The summed E-state index contributed by atoms with van der Waals surface area (Å²) in [6, 6.07) is 0. The van der Waals surface area contributed by atoms with Crippen molar-refractivity contribution in [3.63, 3.8) is 0 Å². The summed E-state index contributed by atoms with van der Waals surface area (Å²) >= 11 is 3.71. The van der Waals surface area contributed by atoms with Crippen LogP contribution in [0.4, 0.5) is 0 Å². The molecule has 3 atom stereocenters. The van der Waals surface area contributed by atoms with Gasteiger partial charge in [0, 0.05) is 4.83 Å². The fourth-order valence-corrected chi connectivity index (χ4v) is 2.74. The normalized spacial score (nSPS) is 41.1. The van der Waals surface area contributed by atoms with E-state index in [1.54, 1.807) is 0 Å². The molecule has 1 aliphatic carbocycles. The van der Waals surface area contributed by atoms with E-state index in [2.05, 4.69) is 36.7 Å². The van der Waals surface area contributed by atoms with Crippen molar-refractivity contribution in [3.05, 3.63) is 0 Å². The molecule has 60 valence electrons. The summed E-state index contributed by atoms with van der Waals surface area (Å²) in [5.74, 6) is 2.72. The van der Waals surface area contributed by atoms with E-state index < -0.39 is 0 Å². The van der Waals surface area contributed by atoms with Gasteiger partial charge in [0.15, 0.2) is 0 Å². The molecule has 0 aromatic carbocycles. The summed E-state index contributed by atoms with van der Waals surface area (Å²) < 4.78 is 0. The maximum absolute atomic E-state index is 3.71. The van der Waals surface area contributed by atoms with Crippen molar-refractivity contribution in [1.82, 2.24) is 0 Å². The van der Waals surface area contributed by atoms with Crippen LogP contribution in [0.2, 0.25) is 0 Å². The molecule has 0 saturated heterocycles. The molecule has 0 aliphatic heterocycles. The maximum Gasteiger partial charge on any atom is 0.0174 e. The highest BCUT2D eigenvalue weighted by Gasteiger charge is 2.32. The molecule has 1 aliphatic rings. The molecular weight excluding hydrogens is 188 g/mol. The van der Waals surface area contributed by atoms with Crippen molar-refractivity contribution in [2.75, 3.05) is 0 Å². The van der Waals surface area contributed by atoms with Gasteiger partial charge in [-0.1, -0.05) is 36.7 Å². The van der Waals surface area contributed by atoms with E-state index in [9.17, 15) is 0 Å². The van der Waals surface area contributed by atoms with Crippen LogP contribution in [0.3, 0.4) is 0 Å². The van der Waals surface area contributed by atoms with Gasteiger partial charge in [0.1, 0.15) is 0 Å². The first-order chi connectivity index (χ1) is 4.63. The van der Waals surface area contributed by atoms with Crippen LogP contribution < -0.4 is 0 Å². The fourth-order valence-electron chi connectivity index (χ4n) is 2.09. The molecule has 0 nitrogen and oxygen atoms in total. The third kappa shape index (κ3) is 1.55. The summed E-state index contributed by atoms with van der Waals surface area (Å²) in [6.45, 7) is 7.05. The summed E-state index contributed by atoms with van der Waals surface area (Å²) in [7, 11) is 0. The Balaban J connectivity index is 2.49. The Morgan fingerprint density at radius 1 is 1.30 bits per heavy atom. The summed E-state index contributed by atoms with van der Waals surface area (Å²) in [4.78, 5) is 0.792. The lowest BCUT2D eigenvalue weighted by Crippen LogP contribution is -2.15. The van der Waals surface area contributed by atoms with Crippen LogP contribution in [0.15, 0.2) is 0 Å². The Morgan fingerprint density at radius 3 is 2.10 bits per heavy atom. The average Bonchev–Trinajstić information content (AvgIpc) is 2.14. The number of hydrogen-bond donors (Lipinski definition) is 0. The summed E-state index contributed by atoms with van der Waals surface area (Å²) in [5, 5.41) is 0. The quantitative estimate of drug-likeness (QED) is 0.575. The molecule has 0 bridgehead atoms. The minimum Gasteiger partial charge on any atom is -0.0888 e. The van der Waals surface area contributed by atoms with Crippen LogP contribution in [-0.4, -0.2) is 4.83 Å². The van der Waals surface area contributed by atoms with Gasteiger partial charge in [-0.2, -0.15) is 0 Å². The Kier molecular flexibility index (Phi) is 2.79. The molecule has 0 aromatic heterocycles. The highest BCUT2D eigenvalue weighted by atomic mass is 79.9. The zero-order valence-electron chi connectivity index (χ0n) is 7.10. The molecule has 1 rings (SSSR count). The van der Waals surface area contributed by atoms with Crippen LogP contribution in [0.25, 0.3) is 0 Å². The molecule has 3 unspecified atom stereocenters. The topological polar surface area (TPSA) is 0 Å². The molecule has 1 heteroatoms. The van der Waals surface area contributed by atoms with Crippen LogP contribution in [0.1, 0.15) is 33.6 Å². The molecule has 10 heavy (non-hydrogen) atoms. The van der Waals surface area contributed by atoms with Crippen molar-refractivity contribution in [2.24, 2.45) is 17.8 Å². The van der Waals surface area contributed by atoms with Crippen LogP contribution in [0.5, 0.6) is 0 Å². The van der Waals surface area contributed by atoms with Gasteiger partial charge in [0.05, 0.1) is 0 Å². The second-order valence-corrected chi connectivity index (χ2v) is 5.04. The van der Waals surface area contributed by atoms with Crippen LogP contribution >= 0.6 is 15.9 Å². The highest BCUT2D eigenvalue weighted by molar-refractivity contribution is 9.09. The third-order valence-electron chi connectivity index (χ3n) is 2.88. The zero-order valence-corrected chi connectivity index (χ0v) is 8.69. The Morgan fingerprint density at radius 2 is 1.90 bits per heavy atom. The molecule has 0 amide bonds. The van der Waals surface area contributed by atoms with Gasteiger partial charge in [0.2, 0.25) is 0 Å². The Labute approximate surface area is 72.5 Å². The largest absolute Gasteiger partial charge is 0.0888 e. The molecule has 1 fully saturated rings. The Hall–Kier alpha value is 0.480. The van der Waals surface area contributed by atoms with E-state index in [1.165, 1.54) is 12.8 Å². The van der Waals surface area contributed by atoms with Crippen molar-refractivity contribution in [1.29, 1.82) is 0 Å². The van der Waals surface area contributed by atoms with E-state index in [0.717, 1.165) is 22.6 Å². The number of halogens is 1. The molecular formula is C9H17Br. The summed E-state index contributed by atoms with van der Waals surface area (Å²) in [5.41, 5.74) is 0. The minimum absolute atomic E-state index is 0.792. The standard InChI is InChI=1S/C9H17Br/c1-6(2)8-4-5-9(10)7(8)3/h6-9H,4-5H2,1-3H3. The monoisotopic (exact) mass is 204 g/mol. The maximum atomic E-state index is 3.71. The Bertz CT molecular complexity index is 109. The van der Waals surface area contributed by atoms with Gasteiger partial charge in [-0.15, -0.1) is 0 Å². The van der Waals surface area contributed by atoms with E-state index in [-0.39, 0.29) is 0 Å². The first-order valence-electron chi connectivity index (χ1n) is 4.27.